The number of nitrogens with one attached hydrogen (secondary N) is 1. The van der Waals surface area contributed by atoms with Crippen molar-refractivity contribution in [1.82, 2.24) is 0 Å². The van der Waals surface area contributed by atoms with Gasteiger partial charge in [-0.05, 0) is 30.3 Å². The van der Waals surface area contributed by atoms with Crippen LogP contribution in [0.5, 0.6) is 0 Å². The van der Waals surface area contributed by atoms with Gasteiger partial charge in [0.2, 0.25) is 10.9 Å². The fourth-order valence-corrected chi connectivity index (χ4v) is 2.65. The number of nitriles is 1. The Kier molecular flexibility index (Phi) is 3.88. The minimum absolute atomic E-state index is 0.0294. The van der Waals surface area contributed by atoms with Gasteiger partial charge in [0.1, 0.15) is 6.07 Å². The van der Waals surface area contributed by atoms with E-state index < -0.39 is 26.8 Å². The Morgan fingerprint density at radius 1 is 1.33 bits per heavy atom. The van der Waals surface area contributed by atoms with Crippen molar-refractivity contribution in [3.8, 4) is 6.07 Å². The summed E-state index contributed by atoms with van der Waals surface area (Å²) in [5, 5.41) is 17.3. The van der Waals surface area contributed by atoms with Gasteiger partial charge < -0.3 is 9.52 Å². The number of furan rings is 1. The summed E-state index contributed by atoms with van der Waals surface area (Å²) in [7, 11) is -4.17. The lowest BCUT2D eigenvalue weighted by atomic mass is 10.2. The summed E-state index contributed by atoms with van der Waals surface area (Å²) in [6, 6.07) is 7.88. The topological polar surface area (TPSA) is 120 Å². The molecule has 2 rings (SSSR count). The molecule has 0 aliphatic heterocycles. The first-order valence-corrected chi connectivity index (χ1v) is 7.25. The molecule has 2 N–H and O–H groups in total. The Morgan fingerprint density at radius 2 is 2.05 bits per heavy atom. The van der Waals surface area contributed by atoms with Crippen LogP contribution in [0.4, 0.5) is 5.69 Å². The van der Waals surface area contributed by atoms with E-state index in [9.17, 15) is 13.2 Å². The van der Waals surface area contributed by atoms with Crippen molar-refractivity contribution in [3.63, 3.8) is 0 Å². The molecule has 9 heteroatoms. The molecule has 1 heterocycles. The summed E-state index contributed by atoms with van der Waals surface area (Å²) in [5.41, 5.74) is 0.0336. The lowest BCUT2D eigenvalue weighted by Gasteiger charge is -2.07. The van der Waals surface area contributed by atoms with E-state index in [0.29, 0.717) is 0 Å². The standard InChI is InChI=1S/C12H7ClN2O5S/c13-8-2-1-7(6-14)9(5-8)15-21(18,19)11-4-3-10(20-11)12(16)17/h1-5,15H,(H,16,17). The van der Waals surface area contributed by atoms with Crippen molar-refractivity contribution in [2.45, 2.75) is 5.09 Å². The van der Waals surface area contributed by atoms with E-state index in [1.807, 2.05) is 6.07 Å². The second-order valence-corrected chi connectivity index (χ2v) is 5.88. The summed E-state index contributed by atoms with van der Waals surface area (Å²) >= 11 is 5.75. The molecule has 21 heavy (non-hydrogen) atoms. The summed E-state index contributed by atoms with van der Waals surface area (Å²) in [5.74, 6) is -1.90. The van der Waals surface area contributed by atoms with E-state index in [2.05, 4.69) is 4.72 Å². The molecule has 0 unspecified atom stereocenters. The predicted octanol–water partition coefficient (Wildman–Crippen LogP) is 2.30. The van der Waals surface area contributed by atoms with Crippen molar-refractivity contribution in [2.75, 3.05) is 4.72 Å². The van der Waals surface area contributed by atoms with Gasteiger partial charge in [0, 0.05) is 5.02 Å². The normalized spacial score (nSPS) is 10.9. The molecule has 0 fully saturated rings. The Morgan fingerprint density at radius 3 is 2.62 bits per heavy atom. The van der Waals surface area contributed by atoms with E-state index in [4.69, 9.17) is 26.4 Å². The maximum absolute atomic E-state index is 12.1. The predicted molar refractivity (Wildman–Crippen MR) is 72.6 cm³/mol. The third-order valence-electron chi connectivity index (χ3n) is 2.40. The molecular weight excluding hydrogens is 320 g/mol. The highest BCUT2D eigenvalue weighted by molar-refractivity contribution is 7.92. The number of carboxylic acids is 1. The Bertz CT molecular complexity index is 851. The minimum Gasteiger partial charge on any atom is -0.475 e. The van der Waals surface area contributed by atoms with Crippen LogP contribution < -0.4 is 4.72 Å². The number of hydrogen-bond acceptors (Lipinski definition) is 5. The molecule has 1 aromatic heterocycles. The molecule has 0 radical (unpaired) electrons. The number of aromatic carboxylic acids is 1. The third kappa shape index (κ3) is 3.16. The van der Waals surface area contributed by atoms with Crippen LogP contribution in [0.15, 0.2) is 39.8 Å². The number of sulfonamides is 1. The molecule has 0 aliphatic rings. The summed E-state index contributed by atoms with van der Waals surface area (Å²) in [6.07, 6.45) is 0. The molecule has 0 amide bonds. The SMILES string of the molecule is N#Cc1ccc(Cl)cc1NS(=O)(=O)c1ccc(C(=O)O)o1. The lowest BCUT2D eigenvalue weighted by molar-refractivity contribution is 0.0656. The third-order valence-corrected chi connectivity index (χ3v) is 3.88. The summed E-state index contributed by atoms with van der Waals surface area (Å²) in [4.78, 5) is 10.7. The van der Waals surface area contributed by atoms with Gasteiger partial charge in [0.05, 0.1) is 11.3 Å². The molecule has 0 saturated carbocycles. The monoisotopic (exact) mass is 326 g/mol. The van der Waals surface area contributed by atoms with Crippen LogP contribution in [0.2, 0.25) is 5.02 Å². The van der Waals surface area contributed by atoms with Crippen LogP contribution in [0.1, 0.15) is 16.1 Å². The van der Waals surface area contributed by atoms with Crippen molar-refractivity contribution >= 4 is 33.3 Å². The largest absolute Gasteiger partial charge is 0.475 e. The highest BCUT2D eigenvalue weighted by atomic mass is 35.5. The highest BCUT2D eigenvalue weighted by Crippen LogP contribution is 2.24. The summed E-state index contributed by atoms with van der Waals surface area (Å²) in [6.45, 7) is 0. The zero-order valence-corrected chi connectivity index (χ0v) is 11.8. The van der Waals surface area contributed by atoms with Gasteiger partial charge in [-0.3, -0.25) is 4.72 Å². The molecule has 108 valence electrons. The highest BCUT2D eigenvalue weighted by Gasteiger charge is 2.22. The van der Waals surface area contributed by atoms with Crippen LogP contribution >= 0.6 is 11.6 Å². The van der Waals surface area contributed by atoms with Crippen molar-refractivity contribution in [1.29, 1.82) is 5.26 Å². The van der Waals surface area contributed by atoms with Gasteiger partial charge in [0.25, 0.3) is 10.0 Å². The first kappa shape index (κ1) is 14.9. The molecule has 7 nitrogen and oxygen atoms in total. The van der Waals surface area contributed by atoms with Crippen LogP contribution in [-0.2, 0) is 10.0 Å². The van der Waals surface area contributed by atoms with Gasteiger partial charge in [-0.25, -0.2) is 4.79 Å². The Hall–Kier alpha value is -2.50. The average Bonchev–Trinajstić information content (AvgIpc) is 2.89. The number of halogens is 1. The Balaban J connectivity index is 2.40. The number of hydrogen-bond donors (Lipinski definition) is 2. The van der Waals surface area contributed by atoms with Crippen LogP contribution in [0, 0.1) is 11.3 Å². The van der Waals surface area contributed by atoms with Crippen molar-refractivity contribution < 1.29 is 22.7 Å². The maximum atomic E-state index is 12.1. The first-order chi connectivity index (χ1) is 9.83. The molecule has 1 aromatic carbocycles. The molecular formula is C12H7ClN2O5S. The van der Waals surface area contributed by atoms with Gasteiger partial charge in [-0.15, -0.1) is 0 Å². The first-order valence-electron chi connectivity index (χ1n) is 5.39. The van der Waals surface area contributed by atoms with Crippen molar-refractivity contribution in [2.24, 2.45) is 0 Å². The van der Waals surface area contributed by atoms with Gasteiger partial charge >= 0.3 is 5.97 Å². The van der Waals surface area contributed by atoms with Gasteiger partial charge in [-0.1, -0.05) is 11.6 Å². The average molecular weight is 327 g/mol. The molecule has 0 saturated heterocycles. The molecule has 0 bridgehead atoms. The van der Waals surface area contributed by atoms with E-state index in [0.717, 1.165) is 12.1 Å². The molecule has 0 aliphatic carbocycles. The van der Waals surface area contributed by atoms with Crippen LogP contribution in [-0.4, -0.2) is 19.5 Å². The number of anilines is 1. The quantitative estimate of drug-likeness (QED) is 0.889. The van der Waals surface area contributed by atoms with Crippen molar-refractivity contribution in [3.05, 3.63) is 46.7 Å². The zero-order chi connectivity index (χ0) is 15.6. The van der Waals surface area contributed by atoms with Gasteiger partial charge in [0.15, 0.2) is 0 Å². The van der Waals surface area contributed by atoms with Gasteiger partial charge in [-0.2, -0.15) is 13.7 Å². The Labute approximate surface area is 124 Å². The zero-order valence-electron chi connectivity index (χ0n) is 10.2. The lowest BCUT2D eigenvalue weighted by Crippen LogP contribution is -2.13. The number of nitrogens with zero attached hydrogens (tertiary/aromatic N) is 1. The van der Waals surface area contributed by atoms with Crippen LogP contribution in [0.25, 0.3) is 0 Å². The molecule has 2 aromatic rings. The number of carbonyl (C=O) groups is 1. The van der Waals surface area contributed by atoms with E-state index in [1.54, 1.807) is 0 Å². The van der Waals surface area contributed by atoms with E-state index in [-0.39, 0.29) is 16.3 Å². The number of carboxylic acid groups (broad SMARTS) is 1. The second-order valence-electron chi connectivity index (χ2n) is 3.83. The fraction of sp³-hybridized carbons (Fsp3) is 0. The molecule has 0 spiro atoms. The number of benzene rings is 1. The maximum Gasteiger partial charge on any atom is 0.371 e. The van der Waals surface area contributed by atoms with E-state index in [1.165, 1.54) is 18.2 Å². The second kappa shape index (κ2) is 5.47. The summed E-state index contributed by atoms with van der Waals surface area (Å²) < 4.78 is 31.0. The van der Waals surface area contributed by atoms with E-state index >= 15 is 0 Å². The van der Waals surface area contributed by atoms with Crippen LogP contribution in [0.3, 0.4) is 0 Å². The number of rotatable bonds is 4. The molecule has 0 atom stereocenters. The fourth-order valence-electron chi connectivity index (χ4n) is 1.47. The smallest absolute Gasteiger partial charge is 0.371 e. The minimum atomic E-state index is -4.17.